The van der Waals surface area contributed by atoms with Gasteiger partial charge in [0.1, 0.15) is 12.9 Å². The van der Waals surface area contributed by atoms with Crippen LogP contribution in [0.4, 0.5) is 0 Å². The van der Waals surface area contributed by atoms with Crippen molar-refractivity contribution in [3.8, 4) is 5.19 Å². The molecule has 5 heteroatoms. The van der Waals surface area contributed by atoms with Crippen LogP contribution in [0, 0.1) is 0 Å². The molecular weight excluding hydrogens is 174 g/mol. The Hall–Kier alpha value is -0.680. The molecule has 1 heterocycles. The minimum atomic E-state index is 0.647. The fourth-order valence-corrected chi connectivity index (χ4v) is 1.15. The van der Waals surface area contributed by atoms with Crippen LogP contribution in [-0.2, 0) is 0 Å². The fraction of sp³-hybridized carbons (Fsp3) is 0.714. The molecule has 4 nitrogen and oxygen atoms in total. The molecule has 0 aliphatic carbocycles. The highest BCUT2D eigenvalue weighted by Crippen LogP contribution is 2.08. The predicted molar refractivity (Wildman–Crippen MR) is 48.6 cm³/mol. The maximum absolute atomic E-state index is 5.27. The van der Waals surface area contributed by atoms with Crippen molar-refractivity contribution in [2.75, 3.05) is 19.7 Å². The molecule has 0 fully saturated rings. The summed E-state index contributed by atoms with van der Waals surface area (Å²) in [6.07, 6.45) is 2.65. The van der Waals surface area contributed by atoms with E-state index in [2.05, 4.69) is 21.6 Å². The van der Waals surface area contributed by atoms with Gasteiger partial charge in [-0.25, -0.2) is 0 Å². The van der Waals surface area contributed by atoms with Gasteiger partial charge >= 0.3 is 0 Å². The van der Waals surface area contributed by atoms with Crippen LogP contribution in [0.3, 0.4) is 0 Å². The summed E-state index contributed by atoms with van der Waals surface area (Å²) in [5.41, 5.74) is 0. The standard InChI is InChI=1S/C7H13N3OS/c1-2-3-8-4-5-11-7-9-6-10-12-7/h6,8H,2-5H2,1H3. The molecule has 0 saturated heterocycles. The second-order valence-corrected chi connectivity index (χ2v) is 3.05. The minimum Gasteiger partial charge on any atom is -0.468 e. The molecule has 0 bridgehead atoms. The van der Waals surface area contributed by atoms with Crippen molar-refractivity contribution in [1.29, 1.82) is 0 Å². The Balaban J connectivity index is 1.96. The number of aromatic nitrogens is 2. The van der Waals surface area contributed by atoms with Gasteiger partial charge in [-0.3, -0.25) is 0 Å². The minimum absolute atomic E-state index is 0.647. The fourth-order valence-electron chi connectivity index (χ4n) is 0.739. The first kappa shape index (κ1) is 9.41. The van der Waals surface area contributed by atoms with E-state index in [0.717, 1.165) is 19.5 Å². The van der Waals surface area contributed by atoms with Gasteiger partial charge in [-0.1, -0.05) is 6.92 Å². The molecule has 0 unspecified atom stereocenters. The zero-order chi connectivity index (χ0) is 8.65. The van der Waals surface area contributed by atoms with E-state index < -0.39 is 0 Å². The summed E-state index contributed by atoms with van der Waals surface area (Å²) in [7, 11) is 0. The van der Waals surface area contributed by atoms with E-state index in [0.29, 0.717) is 11.8 Å². The molecule has 0 amide bonds. The summed E-state index contributed by atoms with van der Waals surface area (Å²) >= 11 is 1.28. The van der Waals surface area contributed by atoms with Gasteiger partial charge in [0.15, 0.2) is 0 Å². The Morgan fingerprint density at radius 1 is 1.58 bits per heavy atom. The zero-order valence-corrected chi connectivity index (χ0v) is 7.93. The lowest BCUT2D eigenvalue weighted by molar-refractivity contribution is 0.312. The molecular formula is C7H13N3OS. The smallest absolute Gasteiger partial charge is 0.292 e. The van der Waals surface area contributed by atoms with Crippen LogP contribution in [0.2, 0.25) is 0 Å². The predicted octanol–water partition coefficient (Wildman–Crippen LogP) is 0.916. The summed E-state index contributed by atoms with van der Waals surface area (Å²) in [5.74, 6) is 0. The summed E-state index contributed by atoms with van der Waals surface area (Å²) in [6, 6.07) is 0. The second-order valence-electron chi connectivity index (χ2n) is 2.31. The molecule has 0 aliphatic rings. The van der Waals surface area contributed by atoms with Gasteiger partial charge < -0.3 is 10.1 Å². The average molecular weight is 187 g/mol. The topological polar surface area (TPSA) is 47.0 Å². The van der Waals surface area contributed by atoms with E-state index in [1.54, 1.807) is 0 Å². The van der Waals surface area contributed by atoms with E-state index in [1.165, 1.54) is 17.9 Å². The van der Waals surface area contributed by atoms with E-state index in [9.17, 15) is 0 Å². The highest BCUT2D eigenvalue weighted by Gasteiger charge is 1.94. The van der Waals surface area contributed by atoms with Gasteiger partial charge in [-0.15, -0.1) is 0 Å². The molecule has 1 N–H and O–H groups in total. The third kappa shape index (κ3) is 3.64. The Morgan fingerprint density at radius 3 is 3.17 bits per heavy atom. The number of nitrogens with zero attached hydrogens (tertiary/aromatic N) is 2. The molecule has 1 aromatic heterocycles. The average Bonchev–Trinajstić information content (AvgIpc) is 2.57. The Kier molecular flexibility index (Phi) is 4.63. The van der Waals surface area contributed by atoms with Crippen molar-refractivity contribution in [3.05, 3.63) is 6.33 Å². The van der Waals surface area contributed by atoms with Crippen molar-refractivity contribution in [2.24, 2.45) is 0 Å². The van der Waals surface area contributed by atoms with Crippen LogP contribution in [-0.4, -0.2) is 29.1 Å². The zero-order valence-electron chi connectivity index (χ0n) is 7.12. The molecule has 0 spiro atoms. The Labute approximate surface area is 76.1 Å². The third-order valence-electron chi connectivity index (χ3n) is 1.27. The highest BCUT2D eigenvalue weighted by atomic mass is 32.1. The summed E-state index contributed by atoms with van der Waals surface area (Å²) in [5, 5.41) is 3.88. The lowest BCUT2D eigenvalue weighted by Crippen LogP contribution is -2.21. The van der Waals surface area contributed by atoms with Crippen molar-refractivity contribution >= 4 is 11.5 Å². The number of ether oxygens (including phenoxy) is 1. The van der Waals surface area contributed by atoms with E-state index >= 15 is 0 Å². The second kappa shape index (κ2) is 5.91. The normalized spacial score (nSPS) is 10.1. The SMILES string of the molecule is CCCNCCOc1ncns1. The number of hydrogen-bond acceptors (Lipinski definition) is 5. The maximum Gasteiger partial charge on any atom is 0.292 e. The molecule has 68 valence electrons. The molecule has 0 saturated carbocycles. The number of rotatable bonds is 6. The summed E-state index contributed by atoms with van der Waals surface area (Å²) in [4.78, 5) is 3.89. The van der Waals surface area contributed by atoms with Gasteiger partial charge in [-0.05, 0) is 13.0 Å². The number of nitrogens with one attached hydrogen (secondary N) is 1. The van der Waals surface area contributed by atoms with E-state index in [4.69, 9.17) is 4.74 Å². The monoisotopic (exact) mass is 187 g/mol. The van der Waals surface area contributed by atoms with Gasteiger partial charge in [-0.2, -0.15) is 9.36 Å². The first-order valence-corrected chi connectivity index (χ1v) is 4.81. The van der Waals surface area contributed by atoms with Crippen LogP contribution in [0.25, 0.3) is 0 Å². The maximum atomic E-state index is 5.27. The Morgan fingerprint density at radius 2 is 2.50 bits per heavy atom. The first-order chi connectivity index (χ1) is 5.93. The molecule has 1 rings (SSSR count). The van der Waals surface area contributed by atoms with Gasteiger partial charge in [0, 0.05) is 18.1 Å². The van der Waals surface area contributed by atoms with Gasteiger partial charge in [0.2, 0.25) is 0 Å². The third-order valence-corrected chi connectivity index (χ3v) is 1.85. The molecule has 12 heavy (non-hydrogen) atoms. The first-order valence-electron chi connectivity index (χ1n) is 4.03. The van der Waals surface area contributed by atoms with Crippen LogP contribution in [0.15, 0.2) is 6.33 Å². The Bertz CT molecular complexity index is 191. The number of hydrogen-bond donors (Lipinski definition) is 1. The van der Waals surface area contributed by atoms with Crippen molar-refractivity contribution < 1.29 is 4.74 Å². The van der Waals surface area contributed by atoms with Crippen LogP contribution >= 0.6 is 11.5 Å². The molecule has 0 aromatic carbocycles. The van der Waals surface area contributed by atoms with Gasteiger partial charge in [0.25, 0.3) is 5.19 Å². The highest BCUT2D eigenvalue weighted by molar-refractivity contribution is 7.07. The van der Waals surface area contributed by atoms with Crippen LogP contribution in [0.1, 0.15) is 13.3 Å². The lowest BCUT2D eigenvalue weighted by atomic mass is 10.5. The summed E-state index contributed by atoms with van der Waals surface area (Å²) < 4.78 is 9.10. The lowest BCUT2D eigenvalue weighted by Gasteiger charge is -2.02. The molecule has 0 atom stereocenters. The quantitative estimate of drug-likeness (QED) is 0.673. The van der Waals surface area contributed by atoms with Crippen molar-refractivity contribution in [1.82, 2.24) is 14.7 Å². The van der Waals surface area contributed by atoms with Crippen molar-refractivity contribution in [3.63, 3.8) is 0 Å². The van der Waals surface area contributed by atoms with Crippen molar-refractivity contribution in [2.45, 2.75) is 13.3 Å². The molecule has 0 radical (unpaired) electrons. The van der Waals surface area contributed by atoms with Crippen LogP contribution in [0.5, 0.6) is 5.19 Å². The summed E-state index contributed by atoms with van der Waals surface area (Å²) in [6.45, 7) is 4.71. The molecule has 1 aromatic rings. The molecule has 0 aliphatic heterocycles. The van der Waals surface area contributed by atoms with Gasteiger partial charge in [0.05, 0.1) is 0 Å². The van der Waals surface area contributed by atoms with E-state index in [1.807, 2.05) is 0 Å². The van der Waals surface area contributed by atoms with E-state index in [-0.39, 0.29) is 0 Å². The largest absolute Gasteiger partial charge is 0.468 e. The van der Waals surface area contributed by atoms with Crippen LogP contribution < -0.4 is 10.1 Å².